The summed E-state index contributed by atoms with van der Waals surface area (Å²) in [6, 6.07) is 4.97. The van der Waals surface area contributed by atoms with Gasteiger partial charge in [-0.2, -0.15) is 13.2 Å². The van der Waals surface area contributed by atoms with Crippen LogP contribution in [0.25, 0.3) is 0 Å². The third-order valence-corrected chi connectivity index (χ3v) is 3.91. The first-order valence-electron chi connectivity index (χ1n) is 5.66. The van der Waals surface area contributed by atoms with Crippen LogP contribution >= 0.6 is 11.8 Å². The first kappa shape index (κ1) is 14.6. The van der Waals surface area contributed by atoms with Crippen molar-refractivity contribution in [3.8, 4) is 0 Å². The largest absolute Gasteiger partial charge is 0.416 e. The molecule has 2 N–H and O–H groups in total. The molecule has 106 valence electrons. The molecule has 1 aliphatic heterocycles. The van der Waals surface area contributed by atoms with Gasteiger partial charge in [-0.05, 0) is 18.2 Å². The molecule has 0 bridgehead atoms. The third-order valence-electron chi connectivity index (χ3n) is 2.83. The van der Waals surface area contributed by atoms with Crippen molar-refractivity contribution in [2.24, 2.45) is 0 Å². The number of benzene rings is 1. The van der Waals surface area contributed by atoms with Crippen LogP contribution in [-0.2, 0) is 10.9 Å². The van der Waals surface area contributed by atoms with Crippen LogP contribution in [0.1, 0.15) is 5.56 Å². The second-order valence-electron chi connectivity index (χ2n) is 4.27. The maximum absolute atomic E-state index is 12.5. The van der Waals surface area contributed by atoms with E-state index in [-0.39, 0.29) is 6.61 Å². The fraction of sp³-hybridized carbons (Fsp3) is 0.500. The summed E-state index contributed by atoms with van der Waals surface area (Å²) < 4.78 is 42.7. The molecule has 19 heavy (non-hydrogen) atoms. The standard InChI is InChI=1S/C12H13F3O3S/c13-12(14,15)7-2-1-3-8(4-7)19-6-10-11(17)9(16)5-18-10/h1-4,9-11,16-17H,5-6H2. The topological polar surface area (TPSA) is 49.7 Å². The number of rotatable bonds is 3. The summed E-state index contributed by atoms with van der Waals surface area (Å²) >= 11 is 1.16. The predicted molar refractivity (Wildman–Crippen MR) is 63.9 cm³/mol. The Labute approximate surface area is 112 Å². The van der Waals surface area contributed by atoms with Crippen molar-refractivity contribution < 1.29 is 28.1 Å². The van der Waals surface area contributed by atoms with E-state index in [1.165, 1.54) is 6.07 Å². The molecule has 0 aromatic heterocycles. The van der Waals surface area contributed by atoms with E-state index in [2.05, 4.69) is 0 Å². The molecule has 3 atom stereocenters. The maximum atomic E-state index is 12.5. The van der Waals surface area contributed by atoms with Gasteiger partial charge in [0, 0.05) is 10.6 Å². The molecular formula is C12H13F3O3S. The molecule has 1 aliphatic rings. The number of alkyl halides is 3. The van der Waals surface area contributed by atoms with E-state index in [1.807, 2.05) is 0 Å². The quantitative estimate of drug-likeness (QED) is 0.836. The first-order chi connectivity index (χ1) is 8.88. The van der Waals surface area contributed by atoms with Gasteiger partial charge in [0.15, 0.2) is 0 Å². The fourth-order valence-electron chi connectivity index (χ4n) is 1.75. The van der Waals surface area contributed by atoms with Crippen LogP contribution < -0.4 is 0 Å². The molecule has 0 saturated carbocycles. The van der Waals surface area contributed by atoms with E-state index in [4.69, 9.17) is 4.74 Å². The lowest BCUT2D eigenvalue weighted by molar-refractivity contribution is -0.137. The van der Waals surface area contributed by atoms with Gasteiger partial charge in [-0.3, -0.25) is 0 Å². The summed E-state index contributed by atoms with van der Waals surface area (Å²) in [5.74, 6) is 0.291. The Kier molecular flexibility index (Phi) is 4.39. The van der Waals surface area contributed by atoms with Crippen LogP contribution in [0.3, 0.4) is 0 Å². The number of ether oxygens (including phenoxy) is 1. The first-order valence-corrected chi connectivity index (χ1v) is 6.64. The molecule has 2 rings (SSSR count). The highest BCUT2D eigenvalue weighted by atomic mass is 32.2. The van der Waals surface area contributed by atoms with Gasteiger partial charge < -0.3 is 14.9 Å². The Bertz CT molecular complexity index is 438. The number of aliphatic hydroxyl groups excluding tert-OH is 2. The van der Waals surface area contributed by atoms with Crippen molar-refractivity contribution in [3.05, 3.63) is 29.8 Å². The van der Waals surface area contributed by atoms with Gasteiger partial charge in [-0.1, -0.05) is 6.07 Å². The smallest absolute Gasteiger partial charge is 0.388 e. The highest BCUT2D eigenvalue weighted by molar-refractivity contribution is 7.99. The van der Waals surface area contributed by atoms with Gasteiger partial charge in [0.05, 0.1) is 18.3 Å². The van der Waals surface area contributed by atoms with E-state index in [9.17, 15) is 23.4 Å². The van der Waals surface area contributed by atoms with Gasteiger partial charge in [0.2, 0.25) is 0 Å². The molecule has 1 fully saturated rings. The van der Waals surface area contributed by atoms with Crippen LogP contribution in [0, 0.1) is 0 Å². The average Bonchev–Trinajstić information content (AvgIpc) is 2.67. The third kappa shape index (κ3) is 3.62. The Morgan fingerprint density at radius 1 is 1.32 bits per heavy atom. The second kappa shape index (κ2) is 5.70. The number of halogens is 3. The molecule has 3 nitrogen and oxygen atoms in total. The summed E-state index contributed by atoms with van der Waals surface area (Å²) in [6.07, 6.45) is -6.84. The minimum absolute atomic E-state index is 0.0506. The zero-order chi connectivity index (χ0) is 14.0. The molecule has 1 saturated heterocycles. The van der Waals surface area contributed by atoms with Crippen LogP contribution in [0.15, 0.2) is 29.2 Å². The van der Waals surface area contributed by atoms with Gasteiger partial charge in [-0.15, -0.1) is 11.8 Å². The van der Waals surface area contributed by atoms with Crippen LogP contribution in [0.5, 0.6) is 0 Å². The second-order valence-corrected chi connectivity index (χ2v) is 5.36. The van der Waals surface area contributed by atoms with Crippen LogP contribution in [0.4, 0.5) is 13.2 Å². The molecule has 0 amide bonds. The zero-order valence-electron chi connectivity index (χ0n) is 9.80. The molecule has 7 heteroatoms. The molecule has 0 spiro atoms. The molecule has 1 aromatic rings. The summed E-state index contributed by atoms with van der Waals surface area (Å²) in [4.78, 5) is 0.451. The lowest BCUT2D eigenvalue weighted by Gasteiger charge is -2.14. The van der Waals surface area contributed by atoms with Crippen molar-refractivity contribution in [1.29, 1.82) is 0 Å². The van der Waals surface area contributed by atoms with E-state index in [0.717, 1.165) is 23.9 Å². The average molecular weight is 294 g/mol. The zero-order valence-corrected chi connectivity index (χ0v) is 10.6. The van der Waals surface area contributed by atoms with Crippen molar-refractivity contribution in [1.82, 2.24) is 0 Å². The van der Waals surface area contributed by atoms with Gasteiger partial charge >= 0.3 is 6.18 Å². The minimum atomic E-state index is -4.36. The van der Waals surface area contributed by atoms with Crippen molar-refractivity contribution >= 4 is 11.8 Å². The molecule has 3 unspecified atom stereocenters. The highest BCUT2D eigenvalue weighted by Crippen LogP contribution is 2.32. The van der Waals surface area contributed by atoms with Gasteiger partial charge in [0.1, 0.15) is 12.2 Å². The minimum Gasteiger partial charge on any atom is -0.388 e. The number of hydrogen-bond acceptors (Lipinski definition) is 4. The Morgan fingerprint density at radius 2 is 2.05 bits per heavy atom. The Balaban J connectivity index is 1.97. The predicted octanol–water partition coefficient (Wildman–Crippen LogP) is 1.92. The molecule has 1 aromatic carbocycles. The summed E-state index contributed by atoms with van der Waals surface area (Å²) in [5.41, 5.74) is -0.703. The maximum Gasteiger partial charge on any atom is 0.416 e. The van der Waals surface area contributed by atoms with Crippen molar-refractivity contribution in [3.63, 3.8) is 0 Å². The molecule has 0 radical (unpaired) electrons. The summed E-state index contributed by atoms with van der Waals surface area (Å²) in [6.45, 7) is 0.0506. The van der Waals surface area contributed by atoms with E-state index in [1.54, 1.807) is 6.07 Å². The number of thioether (sulfide) groups is 1. The van der Waals surface area contributed by atoms with Crippen LogP contribution in [0.2, 0.25) is 0 Å². The molecule has 0 aliphatic carbocycles. The normalized spacial score (nSPS) is 27.7. The van der Waals surface area contributed by atoms with Gasteiger partial charge in [0.25, 0.3) is 0 Å². The van der Waals surface area contributed by atoms with Crippen molar-refractivity contribution in [2.75, 3.05) is 12.4 Å². The van der Waals surface area contributed by atoms with E-state index < -0.39 is 30.1 Å². The Morgan fingerprint density at radius 3 is 2.63 bits per heavy atom. The lowest BCUT2D eigenvalue weighted by Crippen LogP contribution is -2.31. The number of hydrogen-bond donors (Lipinski definition) is 2. The highest BCUT2D eigenvalue weighted by Gasteiger charge is 2.34. The summed E-state index contributed by atoms with van der Waals surface area (Å²) in [5, 5.41) is 18.8. The van der Waals surface area contributed by atoms with E-state index >= 15 is 0 Å². The van der Waals surface area contributed by atoms with Crippen LogP contribution in [-0.4, -0.2) is 40.9 Å². The molecular weight excluding hydrogens is 281 g/mol. The van der Waals surface area contributed by atoms with E-state index in [0.29, 0.717) is 10.6 Å². The lowest BCUT2D eigenvalue weighted by atomic mass is 10.2. The van der Waals surface area contributed by atoms with Crippen molar-refractivity contribution in [2.45, 2.75) is 29.4 Å². The SMILES string of the molecule is OC1COC(CSc2cccc(C(F)(F)F)c2)C1O. The monoisotopic (exact) mass is 294 g/mol. The molecule has 1 heterocycles. The fourth-order valence-corrected chi connectivity index (χ4v) is 2.79. The Hall–Kier alpha value is -0.760. The number of aliphatic hydroxyl groups is 2. The summed E-state index contributed by atoms with van der Waals surface area (Å²) in [7, 11) is 0. The van der Waals surface area contributed by atoms with Gasteiger partial charge in [-0.25, -0.2) is 0 Å².